The van der Waals surface area contributed by atoms with Crippen molar-refractivity contribution in [2.24, 2.45) is 0 Å². The monoisotopic (exact) mass is 243 g/mol. The molecule has 90 valence electrons. The third-order valence-electron chi connectivity index (χ3n) is 2.29. The Kier molecular flexibility index (Phi) is 4.35. The van der Waals surface area contributed by atoms with Gasteiger partial charge in [0, 0.05) is 37.4 Å². The fourth-order valence-electron chi connectivity index (χ4n) is 1.55. The highest BCUT2D eigenvalue weighted by molar-refractivity contribution is 6.20. The molecule has 0 saturated carbocycles. The Balaban J connectivity index is 3.06. The van der Waals surface area contributed by atoms with Crippen LogP contribution in [0.5, 0.6) is 0 Å². The molecule has 0 fully saturated rings. The molecule has 0 aliphatic rings. The molecule has 1 aromatic heterocycles. The van der Waals surface area contributed by atoms with Crippen molar-refractivity contribution in [3.63, 3.8) is 0 Å². The van der Waals surface area contributed by atoms with Crippen molar-refractivity contribution in [2.45, 2.75) is 32.2 Å². The standard InChI is InChI=1S/C11H18ClN3O/c1-8(2)15-6-5-13-10(11(15)16)14(4)7-9(3)12/h5-6,8-9H,7H2,1-4H3. The molecule has 0 saturated heterocycles. The van der Waals surface area contributed by atoms with E-state index in [1.165, 1.54) is 0 Å². The van der Waals surface area contributed by atoms with Crippen LogP contribution in [0.25, 0.3) is 0 Å². The van der Waals surface area contributed by atoms with Gasteiger partial charge in [-0.1, -0.05) is 0 Å². The van der Waals surface area contributed by atoms with Crippen LogP contribution in [0.1, 0.15) is 26.8 Å². The third-order valence-corrected chi connectivity index (χ3v) is 2.43. The summed E-state index contributed by atoms with van der Waals surface area (Å²) in [6.07, 6.45) is 3.35. The highest BCUT2D eigenvalue weighted by Gasteiger charge is 2.12. The second-order valence-electron chi connectivity index (χ2n) is 4.22. The van der Waals surface area contributed by atoms with Gasteiger partial charge in [0.25, 0.3) is 5.56 Å². The van der Waals surface area contributed by atoms with Crippen LogP contribution in [0, 0.1) is 0 Å². The predicted octanol–water partition coefficient (Wildman–Crippen LogP) is 1.89. The number of hydrogen-bond donors (Lipinski definition) is 0. The van der Waals surface area contributed by atoms with E-state index in [0.717, 1.165) is 0 Å². The first-order chi connectivity index (χ1) is 7.43. The Bertz CT molecular complexity index is 400. The van der Waals surface area contributed by atoms with Crippen molar-refractivity contribution in [3.05, 3.63) is 22.7 Å². The van der Waals surface area contributed by atoms with E-state index in [-0.39, 0.29) is 17.0 Å². The van der Waals surface area contributed by atoms with Crippen LogP contribution < -0.4 is 10.5 Å². The summed E-state index contributed by atoms with van der Waals surface area (Å²) < 4.78 is 1.66. The third kappa shape index (κ3) is 2.98. The number of halogens is 1. The van der Waals surface area contributed by atoms with Crippen molar-refractivity contribution in [1.82, 2.24) is 9.55 Å². The maximum atomic E-state index is 12.0. The van der Waals surface area contributed by atoms with E-state index < -0.39 is 0 Å². The van der Waals surface area contributed by atoms with Gasteiger partial charge in [-0.05, 0) is 20.8 Å². The summed E-state index contributed by atoms with van der Waals surface area (Å²) in [6.45, 7) is 6.43. The molecule has 4 nitrogen and oxygen atoms in total. The van der Waals surface area contributed by atoms with Crippen molar-refractivity contribution in [3.8, 4) is 0 Å². The normalized spacial score (nSPS) is 12.9. The van der Waals surface area contributed by atoms with Gasteiger partial charge in [-0.15, -0.1) is 11.6 Å². The van der Waals surface area contributed by atoms with Gasteiger partial charge in [0.05, 0.1) is 0 Å². The summed E-state index contributed by atoms with van der Waals surface area (Å²) in [7, 11) is 1.83. The zero-order valence-corrected chi connectivity index (χ0v) is 10.9. The largest absolute Gasteiger partial charge is 0.354 e. The lowest BCUT2D eigenvalue weighted by atomic mass is 10.3. The highest BCUT2D eigenvalue weighted by atomic mass is 35.5. The topological polar surface area (TPSA) is 38.1 Å². The minimum atomic E-state index is -0.0719. The summed E-state index contributed by atoms with van der Waals surface area (Å²) in [6, 6.07) is 0.135. The zero-order valence-electron chi connectivity index (χ0n) is 10.1. The number of anilines is 1. The van der Waals surface area contributed by atoms with E-state index in [1.54, 1.807) is 21.9 Å². The number of hydrogen-bond acceptors (Lipinski definition) is 3. The predicted molar refractivity (Wildman–Crippen MR) is 67.5 cm³/mol. The van der Waals surface area contributed by atoms with Crippen LogP contribution >= 0.6 is 11.6 Å². The van der Waals surface area contributed by atoms with Crippen LogP contribution in [0.4, 0.5) is 5.82 Å². The number of aromatic nitrogens is 2. The maximum absolute atomic E-state index is 12.0. The van der Waals surface area contributed by atoms with Crippen molar-refractivity contribution >= 4 is 17.4 Å². The Labute approximate surface area is 101 Å². The molecule has 1 unspecified atom stereocenters. The number of alkyl halides is 1. The average molecular weight is 244 g/mol. The van der Waals surface area contributed by atoms with Gasteiger partial charge in [-0.25, -0.2) is 4.98 Å². The van der Waals surface area contributed by atoms with Crippen molar-refractivity contribution in [2.75, 3.05) is 18.5 Å². The lowest BCUT2D eigenvalue weighted by Crippen LogP contribution is -2.34. The van der Waals surface area contributed by atoms with Crippen LogP contribution in [0.2, 0.25) is 0 Å². The summed E-state index contributed by atoms with van der Waals surface area (Å²) >= 11 is 5.90. The highest BCUT2D eigenvalue weighted by Crippen LogP contribution is 2.07. The van der Waals surface area contributed by atoms with Gasteiger partial charge in [-0.3, -0.25) is 4.79 Å². The zero-order chi connectivity index (χ0) is 12.3. The molecule has 0 N–H and O–H groups in total. The van der Waals surface area contributed by atoms with Crippen molar-refractivity contribution in [1.29, 1.82) is 0 Å². The molecule has 0 radical (unpaired) electrons. The Morgan fingerprint density at radius 2 is 2.12 bits per heavy atom. The van der Waals surface area contributed by atoms with E-state index in [4.69, 9.17) is 11.6 Å². The number of rotatable bonds is 4. The summed E-state index contributed by atoms with van der Waals surface area (Å²) in [5.41, 5.74) is -0.0719. The molecule has 0 bridgehead atoms. The molecular formula is C11H18ClN3O. The second-order valence-corrected chi connectivity index (χ2v) is 4.96. The van der Waals surface area contributed by atoms with Gasteiger partial charge in [0.2, 0.25) is 0 Å². The van der Waals surface area contributed by atoms with E-state index in [9.17, 15) is 4.79 Å². The van der Waals surface area contributed by atoms with E-state index in [2.05, 4.69) is 4.98 Å². The smallest absolute Gasteiger partial charge is 0.293 e. The van der Waals surface area contributed by atoms with Gasteiger partial charge in [0.1, 0.15) is 0 Å². The molecular weight excluding hydrogens is 226 g/mol. The summed E-state index contributed by atoms with van der Waals surface area (Å²) in [5, 5.41) is -0.0149. The molecule has 0 aliphatic heterocycles. The molecule has 0 aliphatic carbocycles. The second kappa shape index (κ2) is 5.34. The Hall–Kier alpha value is -1.03. The van der Waals surface area contributed by atoms with Crippen molar-refractivity contribution < 1.29 is 0 Å². The van der Waals surface area contributed by atoms with E-state index in [1.807, 2.05) is 27.8 Å². The van der Waals surface area contributed by atoms with Crippen LogP contribution in [0.15, 0.2) is 17.2 Å². The van der Waals surface area contributed by atoms with E-state index in [0.29, 0.717) is 12.4 Å². The van der Waals surface area contributed by atoms with Gasteiger partial charge >= 0.3 is 0 Å². The van der Waals surface area contributed by atoms with Gasteiger partial charge in [-0.2, -0.15) is 0 Å². The fourth-order valence-corrected chi connectivity index (χ4v) is 1.75. The lowest BCUT2D eigenvalue weighted by molar-refractivity contribution is 0.572. The summed E-state index contributed by atoms with van der Waals surface area (Å²) in [4.78, 5) is 17.9. The minimum Gasteiger partial charge on any atom is -0.354 e. The molecule has 1 aromatic rings. The minimum absolute atomic E-state index is 0.0149. The molecule has 0 amide bonds. The molecule has 1 heterocycles. The van der Waals surface area contributed by atoms with Gasteiger partial charge < -0.3 is 9.47 Å². The average Bonchev–Trinajstić information content (AvgIpc) is 2.16. The first-order valence-corrected chi connectivity index (χ1v) is 5.79. The quantitative estimate of drug-likeness (QED) is 0.758. The van der Waals surface area contributed by atoms with Crippen LogP contribution in [-0.2, 0) is 0 Å². The Morgan fingerprint density at radius 3 is 2.62 bits per heavy atom. The molecule has 0 spiro atoms. The first kappa shape index (κ1) is 13.0. The molecule has 16 heavy (non-hydrogen) atoms. The molecule has 1 atom stereocenters. The van der Waals surface area contributed by atoms with Crippen LogP contribution in [0.3, 0.4) is 0 Å². The van der Waals surface area contributed by atoms with Crippen LogP contribution in [-0.4, -0.2) is 28.5 Å². The van der Waals surface area contributed by atoms with E-state index >= 15 is 0 Å². The first-order valence-electron chi connectivity index (χ1n) is 5.35. The van der Waals surface area contributed by atoms with Gasteiger partial charge in [0.15, 0.2) is 5.82 Å². The molecule has 1 rings (SSSR count). The fraction of sp³-hybridized carbons (Fsp3) is 0.636. The maximum Gasteiger partial charge on any atom is 0.293 e. The number of nitrogens with zero attached hydrogens (tertiary/aromatic N) is 3. The molecule has 5 heteroatoms. The lowest BCUT2D eigenvalue weighted by Gasteiger charge is -2.20. The summed E-state index contributed by atoms with van der Waals surface area (Å²) in [5.74, 6) is 0.448. The molecule has 0 aromatic carbocycles. The SMILES string of the molecule is CC(Cl)CN(C)c1nccn(C(C)C)c1=O. The Morgan fingerprint density at radius 1 is 1.50 bits per heavy atom.